The smallest absolute Gasteiger partial charge is 0.184 e. The van der Waals surface area contributed by atoms with Gasteiger partial charge >= 0.3 is 0 Å². The molecule has 2 saturated heterocycles. The molecule has 0 unspecified atom stereocenters. The second-order valence-electron chi connectivity index (χ2n) is 5.43. The Morgan fingerprint density at radius 3 is 2.05 bits per heavy atom. The summed E-state index contributed by atoms with van der Waals surface area (Å²) >= 11 is 0. The van der Waals surface area contributed by atoms with Gasteiger partial charge in [0.25, 0.3) is 0 Å². The van der Waals surface area contributed by atoms with E-state index < -0.39 is 68.5 Å². The van der Waals surface area contributed by atoms with Crippen molar-refractivity contribution < 1.29 is 50.0 Å². The number of aliphatic hydroxyl groups is 7. The zero-order chi connectivity index (χ0) is 16.4. The van der Waals surface area contributed by atoms with Gasteiger partial charge in [0.15, 0.2) is 12.6 Å². The third kappa shape index (κ3) is 3.57. The average molecular weight is 326 g/mol. The first-order chi connectivity index (χ1) is 10.4. The van der Waals surface area contributed by atoms with Crippen LogP contribution in [0, 0.1) is 0 Å². The topological polar surface area (TPSA) is 169 Å². The molecular weight excluding hydrogens is 304 g/mol. The normalized spacial score (nSPS) is 50.0. The van der Waals surface area contributed by atoms with Gasteiger partial charge in [-0.3, -0.25) is 0 Å². The number of hydrogen-bond donors (Lipinski definition) is 7. The largest absolute Gasteiger partial charge is 0.394 e. The predicted molar refractivity (Wildman–Crippen MR) is 67.2 cm³/mol. The second-order valence-corrected chi connectivity index (χ2v) is 5.43. The zero-order valence-electron chi connectivity index (χ0n) is 11.7. The quantitative estimate of drug-likeness (QED) is 0.268. The third-order valence-electron chi connectivity index (χ3n) is 3.85. The van der Waals surface area contributed by atoms with Crippen molar-refractivity contribution in [2.45, 2.75) is 61.7 Å². The first-order valence-electron chi connectivity index (χ1n) is 6.97. The van der Waals surface area contributed by atoms with E-state index in [0.29, 0.717) is 0 Å². The molecule has 0 saturated carbocycles. The molecule has 0 aromatic rings. The highest BCUT2D eigenvalue weighted by Gasteiger charge is 2.47. The minimum atomic E-state index is -1.68. The van der Waals surface area contributed by atoms with Crippen LogP contribution in [0.4, 0.5) is 0 Å². The van der Waals surface area contributed by atoms with E-state index in [4.69, 9.17) is 19.3 Å². The first-order valence-corrected chi connectivity index (χ1v) is 6.97. The summed E-state index contributed by atoms with van der Waals surface area (Å²) in [4.78, 5) is 0. The summed E-state index contributed by atoms with van der Waals surface area (Å²) in [6.07, 6.45) is -12.1. The lowest BCUT2D eigenvalue weighted by Gasteiger charge is -2.44. The molecule has 0 bridgehead atoms. The summed E-state index contributed by atoms with van der Waals surface area (Å²) in [7, 11) is 0. The SMILES string of the molecule is OC[C@H]1O[C@@H](O)[C@H](O)[C@@H](O)[C@@H]1O[C@@H]1O[C@H](CO)[C@H](O)C[C@H]1O. The van der Waals surface area contributed by atoms with Gasteiger partial charge in [0.1, 0.15) is 36.6 Å². The number of aliphatic hydroxyl groups excluding tert-OH is 7. The van der Waals surface area contributed by atoms with E-state index in [0.717, 1.165) is 0 Å². The van der Waals surface area contributed by atoms with E-state index in [1.807, 2.05) is 0 Å². The molecule has 0 spiro atoms. The fourth-order valence-corrected chi connectivity index (χ4v) is 2.54. The number of ether oxygens (including phenoxy) is 3. The maximum Gasteiger partial charge on any atom is 0.184 e. The van der Waals surface area contributed by atoms with Crippen LogP contribution in [0.2, 0.25) is 0 Å². The van der Waals surface area contributed by atoms with Crippen molar-refractivity contribution in [3.63, 3.8) is 0 Å². The van der Waals surface area contributed by atoms with E-state index in [9.17, 15) is 30.6 Å². The van der Waals surface area contributed by atoms with Gasteiger partial charge in [0.2, 0.25) is 0 Å². The van der Waals surface area contributed by atoms with Crippen LogP contribution in [0.1, 0.15) is 6.42 Å². The highest BCUT2D eigenvalue weighted by molar-refractivity contribution is 4.91. The van der Waals surface area contributed by atoms with Crippen LogP contribution in [0.3, 0.4) is 0 Å². The van der Waals surface area contributed by atoms with E-state index in [1.165, 1.54) is 0 Å². The lowest BCUT2D eigenvalue weighted by Crippen LogP contribution is -2.62. The molecule has 10 nitrogen and oxygen atoms in total. The molecule has 2 rings (SSSR count). The van der Waals surface area contributed by atoms with Gasteiger partial charge in [0.05, 0.1) is 19.3 Å². The molecule has 0 aromatic heterocycles. The summed E-state index contributed by atoms with van der Waals surface area (Å²) in [6, 6.07) is 0. The van der Waals surface area contributed by atoms with Crippen molar-refractivity contribution in [2.24, 2.45) is 0 Å². The Bertz CT molecular complexity index is 353. The molecular formula is C12H22O10. The van der Waals surface area contributed by atoms with Crippen molar-refractivity contribution in [2.75, 3.05) is 13.2 Å². The summed E-state index contributed by atoms with van der Waals surface area (Å²) < 4.78 is 15.5. The van der Waals surface area contributed by atoms with Crippen LogP contribution >= 0.6 is 0 Å². The van der Waals surface area contributed by atoms with Crippen LogP contribution in [0.5, 0.6) is 0 Å². The molecule has 2 fully saturated rings. The minimum absolute atomic E-state index is 0.117. The molecule has 2 heterocycles. The summed E-state index contributed by atoms with van der Waals surface area (Å²) in [5.74, 6) is 0. The van der Waals surface area contributed by atoms with Crippen molar-refractivity contribution in [1.82, 2.24) is 0 Å². The number of rotatable bonds is 4. The Morgan fingerprint density at radius 2 is 1.45 bits per heavy atom. The van der Waals surface area contributed by atoms with E-state index in [-0.39, 0.29) is 6.42 Å². The standard InChI is InChI=1S/C12H22O10/c13-2-6-4(15)1-5(16)12(21-6)22-10-7(3-14)20-11(19)9(18)8(10)17/h4-19H,1-3H2/t4-,5-,6-,7-,8-,9-,10-,11-,12+/m1/s1. The second kappa shape index (κ2) is 7.45. The fraction of sp³-hybridized carbons (Fsp3) is 1.00. The maximum absolute atomic E-state index is 9.94. The van der Waals surface area contributed by atoms with Gasteiger partial charge in [-0.05, 0) is 0 Å². The lowest BCUT2D eigenvalue weighted by atomic mass is 9.98. The number of hydrogen-bond acceptors (Lipinski definition) is 10. The molecule has 10 heteroatoms. The van der Waals surface area contributed by atoms with Gasteiger partial charge in [-0.25, -0.2) is 0 Å². The van der Waals surface area contributed by atoms with E-state index >= 15 is 0 Å². The fourth-order valence-electron chi connectivity index (χ4n) is 2.54. The molecule has 9 atom stereocenters. The molecule has 22 heavy (non-hydrogen) atoms. The van der Waals surface area contributed by atoms with Crippen LogP contribution in [0.25, 0.3) is 0 Å². The Labute approximate surface area is 126 Å². The lowest BCUT2D eigenvalue weighted by molar-refractivity contribution is -0.343. The molecule has 7 N–H and O–H groups in total. The highest BCUT2D eigenvalue weighted by Crippen LogP contribution is 2.28. The Kier molecular flexibility index (Phi) is 6.07. The van der Waals surface area contributed by atoms with Gasteiger partial charge in [-0.2, -0.15) is 0 Å². The molecule has 2 aliphatic rings. The van der Waals surface area contributed by atoms with Gasteiger partial charge < -0.3 is 50.0 Å². The van der Waals surface area contributed by atoms with Gasteiger partial charge in [-0.15, -0.1) is 0 Å². The van der Waals surface area contributed by atoms with Crippen molar-refractivity contribution in [1.29, 1.82) is 0 Å². The van der Waals surface area contributed by atoms with Crippen molar-refractivity contribution in [3.8, 4) is 0 Å². The predicted octanol–water partition coefficient (Wildman–Crippen LogP) is -4.37. The Balaban J connectivity index is 2.06. The van der Waals surface area contributed by atoms with Crippen LogP contribution in [-0.2, 0) is 14.2 Å². The van der Waals surface area contributed by atoms with Gasteiger partial charge in [-0.1, -0.05) is 0 Å². The average Bonchev–Trinajstić information content (AvgIpc) is 2.49. The van der Waals surface area contributed by atoms with Gasteiger partial charge in [0, 0.05) is 6.42 Å². The molecule has 0 aliphatic carbocycles. The summed E-state index contributed by atoms with van der Waals surface area (Å²) in [5.41, 5.74) is 0. The van der Waals surface area contributed by atoms with Crippen LogP contribution < -0.4 is 0 Å². The third-order valence-corrected chi connectivity index (χ3v) is 3.85. The zero-order valence-corrected chi connectivity index (χ0v) is 11.7. The summed E-state index contributed by atoms with van der Waals surface area (Å²) in [5, 5.41) is 66.7. The van der Waals surface area contributed by atoms with E-state index in [2.05, 4.69) is 0 Å². The Hall–Kier alpha value is -0.400. The van der Waals surface area contributed by atoms with Crippen LogP contribution in [0.15, 0.2) is 0 Å². The monoisotopic (exact) mass is 326 g/mol. The molecule has 0 amide bonds. The maximum atomic E-state index is 9.94. The molecule has 2 aliphatic heterocycles. The van der Waals surface area contributed by atoms with E-state index in [1.54, 1.807) is 0 Å². The first kappa shape index (κ1) is 17.9. The Morgan fingerprint density at radius 1 is 0.818 bits per heavy atom. The van der Waals surface area contributed by atoms with Crippen molar-refractivity contribution >= 4 is 0 Å². The highest BCUT2D eigenvalue weighted by atomic mass is 16.7. The minimum Gasteiger partial charge on any atom is -0.394 e. The molecule has 130 valence electrons. The van der Waals surface area contributed by atoms with Crippen LogP contribution in [-0.4, -0.2) is 104 Å². The molecule has 0 radical (unpaired) electrons. The summed E-state index contributed by atoms with van der Waals surface area (Å²) in [6.45, 7) is -1.11. The molecule has 0 aromatic carbocycles. The van der Waals surface area contributed by atoms with Crippen molar-refractivity contribution in [3.05, 3.63) is 0 Å².